The molecule has 0 amide bonds. The smallest absolute Gasteiger partial charge is 0.305 e. The van der Waals surface area contributed by atoms with Crippen LogP contribution in [0.2, 0.25) is 0 Å². The van der Waals surface area contributed by atoms with Crippen LogP contribution in [0.1, 0.15) is 11.3 Å². The van der Waals surface area contributed by atoms with Crippen molar-refractivity contribution < 1.29 is 18.1 Å². The third-order valence-corrected chi connectivity index (χ3v) is 5.34. The average Bonchev–Trinajstić information content (AvgIpc) is 3.56. The number of aromatic nitrogens is 6. The molecule has 0 saturated heterocycles. The van der Waals surface area contributed by atoms with Gasteiger partial charge in [0.15, 0.2) is 5.69 Å². The summed E-state index contributed by atoms with van der Waals surface area (Å²) >= 11 is 0. The lowest BCUT2D eigenvalue weighted by Crippen LogP contribution is -2.09. The van der Waals surface area contributed by atoms with Crippen molar-refractivity contribution in [2.45, 2.75) is 6.18 Å². The Morgan fingerprint density at radius 1 is 1.14 bits per heavy atom. The number of imidazole rings is 1. The summed E-state index contributed by atoms with van der Waals surface area (Å²) in [4.78, 5) is 15.2. The lowest BCUT2D eigenvalue weighted by atomic mass is 10.1. The molecule has 0 aliphatic carbocycles. The highest BCUT2D eigenvalue weighted by atomic mass is 19.4. The number of nitriles is 1. The van der Waals surface area contributed by atoms with Gasteiger partial charge in [0.25, 0.3) is 5.69 Å². The van der Waals surface area contributed by atoms with E-state index in [2.05, 4.69) is 15.2 Å². The summed E-state index contributed by atoms with van der Waals surface area (Å²) in [6.07, 6.45) is 1.38. The summed E-state index contributed by atoms with van der Waals surface area (Å²) in [5.41, 5.74) is -0.646. The zero-order valence-electron chi connectivity index (χ0n) is 17.8. The second-order valence-corrected chi connectivity index (χ2v) is 7.57. The summed E-state index contributed by atoms with van der Waals surface area (Å²) in [5, 5.41) is 28.3. The van der Waals surface area contributed by atoms with Crippen molar-refractivity contribution in [2.24, 2.45) is 7.05 Å². The van der Waals surface area contributed by atoms with Crippen LogP contribution in [0.25, 0.3) is 33.5 Å². The molecule has 0 unspecified atom stereocenters. The molecule has 13 heteroatoms. The lowest BCUT2D eigenvalue weighted by Gasteiger charge is -2.08. The van der Waals surface area contributed by atoms with Gasteiger partial charge in [0, 0.05) is 31.1 Å². The van der Waals surface area contributed by atoms with E-state index in [0.29, 0.717) is 11.3 Å². The largest absolute Gasteiger partial charge is 0.435 e. The van der Waals surface area contributed by atoms with Crippen molar-refractivity contribution in [3.8, 4) is 28.7 Å². The van der Waals surface area contributed by atoms with Crippen molar-refractivity contribution in [3.05, 3.63) is 82.7 Å². The number of benzene rings is 2. The van der Waals surface area contributed by atoms with Crippen LogP contribution in [0.15, 0.2) is 61.3 Å². The van der Waals surface area contributed by atoms with Crippen LogP contribution in [0.4, 0.5) is 18.9 Å². The SMILES string of the molecule is Cn1cc(-c2cn(-c3cccc4c3c(C(F)(F)F)nn4-c3ccc(C#N)cc3[N+](=O)[O-])cn2)cn1. The molecule has 3 aromatic heterocycles. The molecule has 5 rings (SSSR count). The van der Waals surface area contributed by atoms with E-state index in [1.807, 2.05) is 0 Å². The first-order chi connectivity index (χ1) is 16.7. The average molecular weight is 478 g/mol. The highest BCUT2D eigenvalue weighted by molar-refractivity contribution is 5.92. The van der Waals surface area contributed by atoms with Crippen LogP contribution in [0.3, 0.4) is 0 Å². The van der Waals surface area contributed by atoms with E-state index in [4.69, 9.17) is 5.26 Å². The maximum atomic E-state index is 14.1. The quantitative estimate of drug-likeness (QED) is 0.279. The van der Waals surface area contributed by atoms with Crippen molar-refractivity contribution in [3.63, 3.8) is 0 Å². The predicted molar refractivity (Wildman–Crippen MR) is 117 cm³/mol. The number of nitrogens with zero attached hydrogens (tertiary/aromatic N) is 8. The van der Waals surface area contributed by atoms with Crippen molar-refractivity contribution in [1.29, 1.82) is 5.26 Å². The summed E-state index contributed by atoms with van der Waals surface area (Å²) < 4.78 is 46.2. The molecule has 0 N–H and O–H groups in total. The van der Waals surface area contributed by atoms with E-state index in [9.17, 15) is 23.3 Å². The van der Waals surface area contributed by atoms with Crippen molar-refractivity contribution in [2.75, 3.05) is 0 Å². The minimum absolute atomic E-state index is 0.000685. The van der Waals surface area contributed by atoms with Crippen LogP contribution in [0.5, 0.6) is 0 Å². The molecule has 5 aromatic rings. The normalized spacial score (nSPS) is 11.6. The predicted octanol–water partition coefficient (Wildman–Crippen LogP) is 4.41. The maximum Gasteiger partial charge on any atom is 0.435 e. The number of alkyl halides is 3. The molecular formula is C22H13F3N8O2. The standard InChI is InChI=1S/C22H13F3N8O2/c1-30-10-14(9-28-30)15-11-31(12-27-15)17-3-2-4-18-20(17)21(22(23,24)25)29-32(18)16-6-5-13(8-26)7-19(16)33(34)35/h2-7,9-12H,1H3. The minimum Gasteiger partial charge on any atom is -0.305 e. The van der Waals surface area contributed by atoms with Crippen LogP contribution in [-0.2, 0) is 13.2 Å². The summed E-state index contributed by atoms with van der Waals surface area (Å²) in [6, 6.07) is 9.66. The molecule has 0 aliphatic heterocycles. The third kappa shape index (κ3) is 3.66. The Morgan fingerprint density at radius 2 is 1.94 bits per heavy atom. The first-order valence-electron chi connectivity index (χ1n) is 9.98. The first kappa shape index (κ1) is 21.8. The van der Waals surface area contributed by atoms with Gasteiger partial charge in [0.2, 0.25) is 0 Å². The summed E-state index contributed by atoms with van der Waals surface area (Å²) in [6.45, 7) is 0. The molecule has 0 spiro atoms. The van der Waals surface area contributed by atoms with Gasteiger partial charge in [-0.3, -0.25) is 14.8 Å². The Morgan fingerprint density at radius 3 is 2.60 bits per heavy atom. The topological polar surface area (TPSA) is 120 Å². The number of aryl methyl sites for hydroxylation is 1. The number of rotatable bonds is 4. The monoisotopic (exact) mass is 478 g/mol. The van der Waals surface area contributed by atoms with Gasteiger partial charge in [-0.15, -0.1) is 0 Å². The van der Waals surface area contributed by atoms with E-state index >= 15 is 0 Å². The molecule has 2 aromatic carbocycles. The van der Waals surface area contributed by atoms with E-state index in [1.54, 1.807) is 36.4 Å². The summed E-state index contributed by atoms with van der Waals surface area (Å²) in [5.74, 6) is 0. The Labute approximate surface area is 194 Å². The van der Waals surface area contributed by atoms with Gasteiger partial charge in [-0.2, -0.15) is 28.6 Å². The van der Waals surface area contributed by atoms with Crippen LogP contribution in [0, 0.1) is 21.4 Å². The number of hydrogen-bond acceptors (Lipinski definition) is 6. The molecule has 35 heavy (non-hydrogen) atoms. The fourth-order valence-corrected chi connectivity index (χ4v) is 3.82. The number of nitro groups is 1. The van der Waals surface area contributed by atoms with Gasteiger partial charge >= 0.3 is 6.18 Å². The molecule has 0 atom stereocenters. The van der Waals surface area contributed by atoms with E-state index in [1.165, 1.54) is 41.2 Å². The Hall–Kier alpha value is -4.99. The molecule has 0 fully saturated rings. The zero-order chi connectivity index (χ0) is 24.9. The number of nitro benzene ring substituents is 1. The first-order valence-corrected chi connectivity index (χ1v) is 9.98. The number of halogens is 3. The second-order valence-electron chi connectivity index (χ2n) is 7.57. The van der Waals surface area contributed by atoms with Crippen molar-refractivity contribution >= 4 is 16.6 Å². The van der Waals surface area contributed by atoms with E-state index < -0.39 is 22.5 Å². The highest BCUT2D eigenvalue weighted by Gasteiger charge is 2.39. The Bertz CT molecular complexity index is 1660. The highest BCUT2D eigenvalue weighted by Crippen LogP contribution is 2.39. The molecule has 0 bridgehead atoms. The molecule has 0 aliphatic rings. The number of fused-ring (bicyclic) bond motifs is 1. The second kappa shape index (κ2) is 7.80. The Balaban J connectivity index is 1.77. The number of hydrogen-bond donors (Lipinski definition) is 0. The van der Waals surface area contributed by atoms with Gasteiger partial charge in [0.05, 0.1) is 51.4 Å². The fraction of sp³-hybridized carbons (Fsp3) is 0.0909. The maximum absolute atomic E-state index is 14.1. The molecular weight excluding hydrogens is 465 g/mol. The van der Waals surface area contributed by atoms with Gasteiger partial charge in [-0.1, -0.05) is 6.07 Å². The van der Waals surface area contributed by atoms with Crippen LogP contribution < -0.4 is 0 Å². The minimum atomic E-state index is -4.85. The molecule has 3 heterocycles. The zero-order valence-corrected chi connectivity index (χ0v) is 17.8. The van der Waals surface area contributed by atoms with Gasteiger partial charge in [-0.05, 0) is 24.3 Å². The van der Waals surface area contributed by atoms with Gasteiger partial charge in [0.1, 0.15) is 5.69 Å². The van der Waals surface area contributed by atoms with Gasteiger partial charge < -0.3 is 4.57 Å². The van der Waals surface area contributed by atoms with Crippen LogP contribution >= 0.6 is 0 Å². The molecule has 0 radical (unpaired) electrons. The molecule has 0 saturated carbocycles. The molecule has 174 valence electrons. The van der Waals surface area contributed by atoms with Crippen molar-refractivity contribution in [1.82, 2.24) is 29.1 Å². The Kier molecular flexibility index (Phi) is 4.87. The lowest BCUT2D eigenvalue weighted by molar-refractivity contribution is -0.384. The van der Waals surface area contributed by atoms with Gasteiger partial charge in [-0.25, -0.2) is 9.67 Å². The summed E-state index contributed by atoms with van der Waals surface area (Å²) in [7, 11) is 1.73. The molecule has 10 nitrogen and oxygen atoms in total. The van der Waals surface area contributed by atoms with E-state index in [0.717, 1.165) is 10.7 Å². The van der Waals surface area contributed by atoms with E-state index in [-0.39, 0.29) is 27.8 Å². The third-order valence-electron chi connectivity index (χ3n) is 5.34. The fourth-order valence-electron chi connectivity index (χ4n) is 3.82. The van der Waals surface area contributed by atoms with Crippen LogP contribution in [-0.4, -0.2) is 34.0 Å².